The summed E-state index contributed by atoms with van der Waals surface area (Å²) in [7, 11) is 1.77. The first kappa shape index (κ1) is 17.8. The molecule has 6 heteroatoms. The first-order valence-electron chi connectivity index (χ1n) is 8.67. The standard InChI is InChI=1S/C17H30N4O2/c1-4-14-11-15(23-21-14)12-19-16(18-5-2)20-13-17(7-6-8-17)9-10-22-3/h11H,4-10,12-13H2,1-3H3,(H2,18,19,20). The normalized spacial score (nSPS) is 16.9. The molecular formula is C17H30N4O2. The fourth-order valence-corrected chi connectivity index (χ4v) is 2.88. The Balaban J connectivity index is 1.88. The van der Waals surface area contributed by atoms with Gasteiger partial charge in [0.2, 0.25) is 0 Å². The summed E-state index contributed by atoms with van der Waals surface area (Å²) in [5, 5.41) is 10.8. The highest BCUT2D eigenvalue weighted by Crippen LogP contribution is 2.43. The molecule has 0 atom stereocenters. The van der Waals surface area contributed by atoms with Gasteiger partial charge in [0.1, 0.15) is 6.54 Å². The third-order valence-corrected chi connectivity index (χ3v) is 4.59. The molecule has 0 amide bonds. The highest BCUT2D eigenvalue weighted by molar-refractivity contribution is 5.79. The first-order valence-corrected chi connectivity index (χ1v) is 8.67. The van der Waals surface area contributed by atoms with Crippen LogP contribution >= 0.6 is 0 Å². The molecule has 1 aliphatic rings. The van der Waals surface area contributed by atoms with Gasteiger partial charge in [-0.05, 0) is 38.0 Å². The van der Waals surface area contributed by atoms with E-state index >= 15 is 0 Å². The zero-order chi connectivity index (χ0) is 16.5. The second-order valence-electron chi connectivity index (χ2n) is 6.28. The summed E-state index contributed by atoms with van der Waals surface area (Å²) in [6.07, 6.45) is 5.85. The summed E-state index contributed by atoms with van der Waals surface area (Å²) in [4.78, 5) is 4.60. The number of nitrogens with one attached hydrogen (secondary N) is 2. The number of methoxy groups -OCH3 is 1. The molecule has 1 aromatic heterocycles. The van der Waals surface area contributed by atoms with Gasteiger partial charge in [-0.3, -0.25) is 0 Å². The fraction of sp³-hybridized carbons (Fsp3) is 0.765. The minimum absolute atomic E-state index is 0.369. The number of nitrogens with zero attached hydrogens (tertiary/aromatic N) is 2. The van der Waals surface area contributed by atoms with E-state index in [0.29, 0.717) is 12.0 Å². The van der Waals surface area contributed by atoms with E-state index in [4.69, 9.17) is 9.26 Å². The number of ether oxygens (including phenoxy) is 1. The van der Waals surface area contributed by atoms with Gasteiger partial charge in [-0.15, -0.1) is 0 Å². The highest BCUT2D eigenvalue weighted by Gasteiger charge is 2.36. The lowest BCUT2D eigenvalue weighted by Gasteiger charge is -2.42. The zero-order valence-corrected chi connectivity index (χ0v) is 14.7. The number of hydrogen-bond acceptors (Lipinski definition) is 4. The van der Waals surface area contributed by atoms with Crippen molar-refractivity contribution in [1.82, 2.24) is 15.8 Å². The second-order valence-corrected chi connectivity index (χ2v) is 6.28. The molecule has 0 unspecified atom stereocenters. The van der Waals surface area contributed by atoms with E-state index in [-0.39, 0.29) is 0 Å². The molecule has 130 valence electrons. The van der Waals surface area contributed by atoms with E-state index in [9.17, 15) is 0 Å². The molecule has 2 N–H and O–H groups in total. The van der Waals surface area contributed by atoms with Crippen LogP contribution < -0.4 is 10.6 Å². The van der Waals surface area contributed by atoms with E-state index in [0.717, 1.165) is 50.0 Å². The van der Waals surface area contributed by atoms with Crippen LogP contribution in [-0.2, 0) is 17.7 Å². The minimum Gasteiger partial charge on any atom is -0.385 e. The third-order valence-electron chi connectivity index (χ3n) is 4.59. The van der Waals surface area contributed by atoms with E-state index in [2.05, 4.69) is 34.6 Å². The lowest BCUT2D eigenvalue weighted by Crippen LogP contribution is -2.46. The molecule has 1 heterocycles. The maximum absolute atomic E-state index is 5.29. The van der Waals surface area contributed by atoms with Gasteiger partial charge in [0.05, 0.1) is 5.69 Å². The predicted octanol–water partition coefficient (Wildman–Crippen LogP) is 2.50. The number of aryl methyl sites for hydroxylation is 1. The quantitative estimate of drug-likeness (QED) is 0.540. The Kier molecular flexibility index (Phi) is 6.89. The van der Waals surface area contributed by atoms with E-state index in [1.165, 1.54) is 19.3 Å². The van der Waals surface area contributed by atoms with Crippen molar-refractivity contribution < 1.29 is 9.26 Å². The Bertz CT molecular complexity index is 495. The van der Waals surface area contributed by atoms with Gasteiger partial charge in [-0.25, -0.2) is 4.99 Å². The maximum atomic E-state index is 5.29. The Morgan fingerprint density at radius 3 is 2.78 bits per heavy atom. The molecule has 0 aliphatic heterocycles. The van der Waals surface area contributed by atoms with Gasteiger partial charge in [-0.1, -0.05) is 18.5 Å². The van der Waals surface area contributed by atoms with Gasteiger partial charge in [0.25, 0.3) is 0 Å². The van der Waals surface area contributed by atoms with E-state index in [1.807, 2.05) is 6.07 Å². The van der Waals surface area contributed by atoms with Gasteiger partial charge in [0, 0.05) is 32.9 Å². The predicted molar refractivity (Wildman–Crippen MR) is 91.5 cm³/mol. The molecule has 1 fully saturated rings. The Morgan fingerprint density at radius 1 is 1.39 bits per heavy atom. The van der Waals surface area contributed by atoms with Crippen LogP contribution in [0.4, 0.5) is 0 Å². The summed E-state index contributed by atoms with van der Waals surface area (Å²) >= 11 is 0. The van der Waals surface area contributed by atoms with Crippen molar-refractivity contribution in [2.24, 2.45) is 10.4 Å². The minimum atomic E-state index is 0.369. The molecule has 0 saturated heterocycles. The van der Waals surface area contributed by atoms with Crippen molar-refractivity contribution in [3.63, 3.8) is 0 Å². The maximum Gasteiger partial charge on any atom is 0.191 e. The summed E-state index contributed by atoms with van der Waals surface area (Å²) in [5.74, 6) is 1.64. The summed E-state index contributed by atoms with van der Waals surface area (Å²) < 4.78 is 10.5. The van der Waals surface area contributed by atoms with Gasteiger partial charge in [0.15, 0.2) is 11.7 Å². The van der Waals surface area contributed by atoms with Crippen molar-refractivity contribution in [2.75, 3.05) is 26.8 Å². The summed E-state index contributed by atoms with van der Waals surface area (Å²) in [6, 6.07) is 1.97. The monoisotopic (exact) mass is 322 g/mol. The number of rotatable bonds is 9. The molecule has 2 rings (SSSR count). The van der Waals surface area contributed by atoms with Gasteiger partial charge in [-0.2, -0.15) is 0 Å². The zero-order valence-electron chi connectivity index (χ0n) is 14.7. The molecule has 6 nitrogen and oxygen atoms in total. The molecule has 0 spiro atoms. The topological polar surface area (TPSA) is 71.7 Å². The van der Waals surface area contributed by atoms with Crippen LogP contribution in [0.15, 0.2) is 15.6 Å². The SMILES string of the molecule is CCNC(=NCc1cc(CC)no1)NCC1(CCOC)CCC1. The van der Waals surface area contributed by atoms with E-state index in [1.54, 1.807) is 7.11 Å². The van der Waals surface area contributed by atoms with Crippen molar-refractivity contribution >= 4 is 5.96 Å². The molecule has 23 heavy (non-hydrogen) atoms. The third kappa shape index (κ3) is 5.23. The van der Waals surface area contributed by atoms with Crippen LogP contribution in [0.25, 0.3) is 0 Å². The lowest BCUT2D eigenvalue weighted by molar-refractivity contribution is 0.0732. The van der Waals surface area contributed by atoms with Crippen molar-refractivity contribution in [1.29, 1.82) is 0 Å². The molecule has 0 aromatic carbocycles. The van der Waals surface area contributed by atoms with Crippen LogP contribution in [0.2, 0.25) is 0 Å². The molecular weight excluding hydrogens is 292 g/mol. The Hall–Kier alpha value is -1.56. The molecule has 1 aromatic rings. The second kappa shape index (κ2) is 8.91. The lowest BCUT2D eigenvalue weighted by atomic mass is 9.67. The van der Waals surface area contributed by atoms with Crippen LogP contribution in [-0.4, -0.2) is 37.9 Å². The molecule has 0 bridgehead atoms. The van der Waals surface area contributed by atoms with Crippen molar-refractivity contribution in [2.45, 2.75) is 52.5 Å². The summed E-state index contributed by atoms with van der Waals surface area (Å²) in [6.45, 7) is 7.26. The van der Waals surface area contributed by atoms with Crippen LogP contribution in [0.5, 0.6) is 0 Å². The first-order chi connectivity index (χ1) is 11.2. The van der Waals surface area contributed by atoms with Crippen molar-refractivity contribution in [3.8, 4) is 0 Å². The average molecular weight is 322 g/mol. The number of aliphatic imine (C=N–C) groups is 1. The van der Waals surface area contributed by atoms with Crippen LogP contribution in [0, 0.1) is 5.41 Å². The molecule has 1 aliphatic carbocycles. The van der Waals surface area contributed by atoms with Crippen LogP contribution in [0.1, 0.15) is 51.0 Å². The number of guanidine groups is 1. The largest absolute Gasteiger partial charge is 0.385 e. The van der Waals surface area contributed by atoms with E-state index < -0.39 is 0 Å². The van der Waals surface area contributed by atoms with Gasteiger partial charge < -0.3 is 19.9 Å². The Morgan fingerprint density at radius 2 is 2.22 bits per heavy atom. The number of hydrogen-bond donors (Lipinski definition) is 2. The number of aromatic nitrogens is 1. The average Bonchev–Trinajstić information content (AvgIpc) is 2.99. The van der Waals surface area contributed by atoms with Crippen LogP contribution in [0.3, 0.4) is 0 Å². The molecule has 0 radical (unpaired) electrons. The summed E-state index contributed by atoms with van der Waals surface area (Å²) in [5.41, 5.74) is 1.34. The fourth-order valence-electron chi connectivity index (χ4n) is 2.88. The molecule has 1 saturated carbocycles. The Labute approximate surface area is 139 Å². The van der Waals surface area contributed by atoms with Gasteiger partial charge >= 0.3 is 0 Å². The van der Waals surface area contributed by atoms with Crippen molar-refractivity contribution in [3.05, 3.63) is 17.5 Å². The highest BCUT2D eigenvalue weighted by atomic mass is 16.5. The smallest absolute Gasteiger partial charge is 0.191 e.